The summed E-state index contributed by atoms with van der Waals surface area (Å²) in [5, 5.41) is 0. The molecule has 0 saturated carbocycles. The van der Waals surface area contributed by atoms with Crippen molar-refractivity contribution in [2.24, 2.45) is 0 Å². The van der Waals surface area contributed by atoms with Crippen molar-refractivity contribution in [3.63, 3.8) is 0 Å². The second kappa shape index (κ2) is 6.07. The van der Waals surface area contributed by atoms with Gasteiger partial charge in [-0.05, 0) is 30.4 Å². The third kappa shape index (κ3) is 2.55. The van der Waals surface area contributed by atoms with Gasteiger partial charge < -0.3 is 4.90 Å². The van der Waals surface area contributed by atoms with Crippen molar-refractivity contribution >= 4 is 23.8 Å². The van der Waals surface area contributed by atoms with Crippen LogP contribution in [0.25, 0.3) is 0 Å². The first-order valence-electron chi connectivity index (χ1n) is 7.88. The molecule has 3 rings (SSSR count). The lowest BCUT2D eigenvalue weighted by Crippen LogP contribution is -2.43. The molecule has 1 atom stereocenters. The number of amides is 5. The van der Waals surface area contributed by atoms with Gasteiger partial charge in [-0.25, -0.2) is 9.69 Å². The number of hydrogen-bond acceptors (Lipinski definition) is 4. The van der Waals surface area contributed by atoms with Gasteiger partial charge in [0, 0.05) is 14.1 Å². The molecule has 5 amide bonds. The average Bonchev–Trinajstić information content (AvgIpc) is 2.78. The molecule has 1 aliphatic carbocycles. The third-order valence-electron chi connectivity index (χ3n) is 4.74. The first-order valence-corrected chi connectivity index (χ1v) is 7.88. The molecule has 1 aliphatic heterocycles. The molecule has 0 aromatic heterocycles. The Morgan fingerprint density at radius 1 is 1.21 bits per heavy atom. The maximum absolute atomic E-state index is 12.6. The zero-order valence-electron chi connectivity index (χ0n) is 13.7. The Labute approximate surface area is 139 Å². The van der Waals surface area contributed by atoms with Gasteiger partial charge in [-0.3, -0.25) is 19.3 Å². The largest absolute Gasteiger partial charge is 0.337 e. The van der Waals surface area contributed by atoms with Crippen LogP contribution in [-0.4, -0.2) is 59.1 Å². The van der Waals surface area contributed by atoms with E-state index >= 15 is 0 Å². The molecule has 1 heterocycles. The maximum atomic E-state index is 12.6. The molecule has 0 bridgehead atoms. The molecule has 1 aromatic carbocycles. The molecule has 1 fully saturated rings. The molecule has 1 aromatic rings. The van der Waals surface area contributed by atoms with Crippen LogP contribution >= 0.6 is 0 Å². The zero-order valence-corrected chi connectivity index (χ0v) is 13.7. The van der Waals surface area contributed by atoms with Crippen molar-refractivity contribution in [3.05, 3.63) is 35.4 Å². The van der Waals surface area contributed by atoms with Crippen LogP contribution in [0.2, 0.25) is 0 Å². The van der Waals surface area contributed by atoms with Gasteiger partial charge in [0.2, 0.25) is 5.91 Å². The van der Waals surface area contributed by atoms with Crippen LogP contribution < -0.4 is 0 Å². The molecule has 0 N–H and O–H groups in total. The van der Waals surface area contributed by atoms with Crippen LogP contribution in [0.1, 0.15) is 30.0 Å². The van der Waals surface area contributed by atoms with Crippen molar-refractivity contribution in [1.82, 2.24) is 14.7 Å². The highest BCUT2D eigenvalue weighted by molar-refractivity contribution is 6.44. The first-order chi connectivity index (χ1) is 11.4. The first kappa shape index (κ1) is 16.2. The van der Waals surface area contributed by atoms with Gasteiger partial charge in [0.05, 0.1) is 6.04 Å². The number of imide groups is 2. The smallest absolute Gasteiger partial charge is 0.334 e. The summed E-state index contributed by atoms with van der Waals surface area (Å²) in [7, 11) is 2.90. The summed E-state index contributed by atoms with van der Waals surface area (Å²) in [5.41, 5.74) is 2.32. The Bertz CT molecular complexity index is 730. The Morgan fingerprint density at radius 2 is 1.92 bits per heavy atom. The highest BCUT2D eigenvalue weighted by Crippen LogP contribution is 2.33. The standard InChI is InChI=1S/C17H19N3O4/c1-18(13-9-5-7-11-6-3-4-8-12(11)13)14(21)10-20-16(23)15(22)19(2)17(20)24/h3-4,6,8,13H,5,7,9-10H2,1-2H3/t13-/m0/s1. The summed E-state index contributed by atoms with van der Waals surface area (Å²) < 4.78 is 0. The van der Waals surface area contributed by atoms with E-state index in [1.165, 1.54) is 12.6 Å². The second-order valence-electron chi connectivity index (χ2n) is 6.15. The number of urea groups is 1. The number of rotatable bonds is 3. The van der Waals surface area contributed by atoms with E-state index in [1.54, 1.807) is 11.9 Å². The number of likely N-dealkylation sites (N-methyl/N-ethyl adjacent to an activating group) is 2. The second-order valence-corrected chi connectivity index (χ2v) is 6.15. The average molecular weight is 329 g/mol. The molecule has 7 nitrogen and oxygen atoms in total. The van der Waals surface area contributed by atoms with Crippen LogP contribution in [0.15, 0.2) is 24.3 Å². The Kier molecular flexibility index (Phi) is 4.09. The fraction of sp³-hybridized carbons (Fsp3) is 0.412. The van der Waals surface area contributed by atoms with E-state index < -0.39 is 24.4 Å². The number of aryl methyl sites for hydroxylation is 1. The van der Waals surface area contributed by atoms with Gasteiger partial charge in [-0.15, -0.1) is 0 Å². The van der Waals surface area contributed by atoms with Gasteiger partial charge in [-0.2, -0.15) is 0 Å². The predicted octanol–water partition coefficient (Wildman–Crippen LogP) is 0.943. The Hall–Kier alpha value is -2.70. The minimum Gasteiger partial charge on any atom is -0.337 e. The van der Waals surface area contributed by atoms with E-state index in [0.29, 0.717) is 4.90 Å². The summed E-state index contributed by atoms with van der Waals surface area (Å²) in [5.74, 6) is -2.21. The number of nitrogens with zero attached hydrogens (tertiary/aromatic N) is 3. The summed E-state index contributed by atoms with van der Waals surface area (Å²) in [6.07, 6.45) is 2.79. The molecule has 0 spiro atoms. The zero-order chi connectivity index (χ0) is 17.4. The number of carbonyl (C=O) groups excluding carboxylic acids is 4. The quantitative estimate of drug-likeness (QED) is 0.611. The normalized spacial score (nSPS) is 20.4. The number of fused-ring (bicyclic) bond motifs is 1. The fourth-order valence-electron chi connectivity index (χ4n) is 3.30. The van der Waals surface area contributed by atoms with E-state index in [4.69, 9.17) is 0 Å². The van der Waals surface area contributed by atoms with Crippen LogP contribution in [0, 0.1) is 0 Å². The number of carbonyl (C=O) groups is 4. The fourth-order valence-corrected chi connectivity index (χ4v) is 3.30. The summed E-state index contributed by atoms with van der Waals surface area (Å²) >= 11 is 0. The van der Waals surface area contributed by atoms with Crippen LogP contribution in [0.4, 0.5) is 4.79 Å². The monoisotopic (exact) mass is 329 g/mol. The van der Waals surface area contributed by atoms with Crippen molar-refractivity contribution in [2.45, 2.75) is 25.3 Å². The molecule has 0 unspecified atom stereocenters. The van der Waals surface area contributed by atoms with Gasteiger partial charge in [0.15, 0.2) is 0 Å². The summed E-state index contributed by atoms with van der Waals surface area (Å²) in [4.78, 5) is 50.8. The van der Waals surface area contributed by atoms with E-state index in [2.05, 4.69) is 6.07 Å². The van der Waals surface area contributed by atoms with Crippen molar-refractivity contribution in [2.75, 3.05) is 20.6 Å². The minimum atomic E-state index is -0.951. The summed E-state index contributed by atoms with van der Waals surface area (Å²) in [6.45, 7) is -0.414. The maximum Gasteiger partial charge on any atom is 0.334 e. The van der Waals surface area contributed by atoms with Crippen LogP contribution in [0.5, 0.6) is 0 Å². The van der Waals surface area contributed by atoms with Gasteiger partial charge in [0.1, 0.15) is 6.54 Å². The van der Waals surface area contributed by atoms with E-state index in [-0.39, 0.29) is 11.9 Å². The highest BCUT2D eigenvalue weighted by atomic mass is 16.2. The van der Waals surface area contributed by atoms with Crippen molar-refractivity contribution < 1.29 is 19.2 Å². The Balaban J connectivity index is 1.76. The molecule has 2 aliphatic rings. The van der Waals surface area contributed by atoms with Gasteiger partial charge in [0.25, 0.3) is 0 Å². The van der Waals surface area contributed by atoms with Gasteiger partial charge >= 0.3 is 17.8 Å². The predicted molar refractivity (Wildman–Crippen MR) is 84.8 cm³/mol. The highest BCUT2D eigenvalue weighted by Gasteiger charge is 2.43. The minimum absolute atomic E-state index is 0.0799. The molecule has 126 valence electrons. The molecular formula is C17H19N3O4. The molecule has 1 saturated heterocycles. The van der Waals surface area contributed by atoms with Gasteiger partial charge in [-0.1, -0.05) is 24.3 Å². The third-order valence-corrected chi connectivity index (χ3v) is 4.74. The molecule has 7 heteroatoms. The summed E-state index contributed by atoms with van der Waals surface area (Å²) in [6, 6.07) is 7.15. The van der Waals surface area contributed by atoms with Crippen molar-refractivity contribution in [1.29, 1.82) is 0 Å². The molecule has 24 heavy (non-hydrogen) atoms. The molecular weight excluding hydrogens is 310 g/mol. The van der Waals surface area contributed by atoms with Crippen LogP contribution in [-0.2, 0) is 20.8 Å². The lowest BCUT2D eigenvalue weighted by atomic mass is 9.87. The van der Waals surface area contributed by atoms with Crippen LogP contribution in [0.3, 0.4) is 0 Å². The SMILES string of the molecule is CN1C(=O)C(=O)N(CC(=O)N(C)[C@H]2CCCc3ccccc32)C1=O. The lowest BCUT2D eigenvalue weighted by molar-refractivity contribution is -0.144. The molecule has 0 radical (unpaired) electrons. The number of hydrogen-bond donors (Lipinski definition) is 0. The topological polar surface area (TPSA) is 78.0 Å². The Morgan fingerprint density at radius 3 is 2.58 bits per heavy atom. The van der Waals surface area contributed by atoms with E-state index in [0.717, 1.165) is 29.7 Å². The van der Waals surface area contributed by atoms with Crippen molar-refractivity contribution in [3.8, 4) is 0 Å². The number of benzene rings is 1. The lowest BCUT2D eigenvalue weighted by Gasteiger charge is -2.33. The van der Waals surface area contributed by atoms with E-state index in [1.807, 2.05) is 18.2 Å². The van der Waals surface area contributed by atoms with E-state index in [9.17, 15) is 19.2 Å².